The molecule has 0 bridgehead atoms. The van der Waals surface area contributed by atoms with E-state index in [0.29, 0.717) is 5.56 Å². The molecule has 7 heteroatoms. The number of hydrogen-bond acceptors (Lipinski definition) is 4. The Kier molecular flexibility index (Phi) is 5.09. The number of aromatic hydroxyl groups is 2. The highest BCUT2D eigenvalue weighted by atomic mass is 19.4. The molecule has 0 saturated heterocycles. The molecule has 0 saturated carbocycles. The van der Waals surface area contributed by atoms with Gasteiger partial charge in [-0.25, -0.2) is 0 Å². The van der Waals surface area contributed by atoms with Gasteiger partial charge in [0.2, 0.25) is 0 Å². The summed E-state index contributed by atoms with van der Waals surface area (Å²) in [5.41, 5.74) is 0.509. The summed E-state index contributed by atoms with van der Waals surface area (Å²) in [6.07, 6.45) is -6.78. The van der Waals surface area contributed by atoms with E-state index in [0.717, 1.165) is 6.92 Å². The molecule has 0 aliphatic rings. The number of phenolic OH excluding ortho intramolecular Hbond substituents is 2. The van der Waals surface area contributed by atoms with Crippen molar-refractivity contribution in [1.29, 1.82) is 0 Å². The highest BCUT2D eigenvalue weighted by molar-refractivity contribution is 5.73. The van der Waals surface area contributed by atoms with Crippen molar-refractivity contribution in [2.24, 2.45) is 5.92 Å². The number of phenols is 2. The van der Waals surface area contributed by atoms with Gasteiger partial charge in [-0.15, -0.1) is 0 Å². The summed E-state index contributed by atoms with van der Waals surface area (Å²) >= 11 is 0. The van der Waals surface area contributed by atoms with Crippen LogP contribution in [0.15, 0.2) is 18.2 Å². The molecule has 1 aromatic carbocycles. The number of esters is 1. The molecule has 21 heavy (non-hydrogen) atoms. The van der Waals surface area contributed by atoms with Crippen molar-refractivity contribution in [2.75, 3.05) is 0 Å². The number of benzene rings is 1. The van der Waals surface area contributed by atoms with E-state index in [9.17, 15) is 28.2 Å². The van der Waals surface area contributed by atoms with Crippen LogP contribution in [0.25, 0.3) is 0 Å². The Morgan fingerprint density at radius 2 is 1.71 bits per heavy atom. The maximum absolute atomic E-state index is 12.4. The molecule has 0 amide bonds. The summed E-state index contributed by atoms with van der Waals surface area (Å²) in [5.74, 6) is -2.96. The van der Waals surface area contributed by atoms with Crippen LogP contribution in [0.4, 0.5) is 13.2 Å². The normalized spacial score (nSPS) is 16.1. The first kappa shape index (κ1) is 17.1. The van der Waals surface area contributed by atoms with Gasteiger partial charge in [0.1, 0.15) is 0 Å². The van der Waals surface area contributed by atoms with E-state index in [1.54, 1.807) is 6.92 Å². The Balaban J connectivity index is 2.79. The van der Waals surface area contributed by atoms with Crippen LogP contribution in [0, 0.1) is 5.92 Å². The van der Waals surface area contributed by atoms with E-state index in [1.165, 1.54) is 25.1 Å². The molecule has 0 fully saturated rings. The van der Waals surface area contributed by atoms with Crippen molar-refractivity contribution in [3.8, 4) is 11.5 Å². The average Bonchev–Trinajstić information content (AvgIpc) is 2.39. The lowest BCUT2D eigenvalue weighted by atomic mass is 9.89. The Labute approximate surface area is 120 Å². The van der Waals surface area contributed by atoms with Crippen LogP contribution >= 0.6 is 0 Å². The zero-order valence-corrected chi connectivity index (χ0v) is 11.8. The zero-order chi connectivity index (χ0) is 16.4. The lowest BCUT2D eigenvalue weighted by Gasteiger charge is -2.23. The van der Waals surface area contributed by atoms with Gasteiger partial charge in [-0.05, 0) is 30.5 Å². The number of ether oxygens (including phenoxy) is 1. The van der Waals surface area contributed by atoms with Crippen molar-refractivity contribution in [3.05, 3.63) is 23.8 Å². The van der Waals surface area contributed by atoms with E-state index in [1.807, 2.05) is 0 Å². The molecule has 0 aromatic heterocycles. The minimum atomic E-state index is -4.60. The summed E-state index contributed by atoms with van der Waals surface area (Å²) in [7, 11) is 0. The van der Waals surface area contributed by atoms with Crippen LogP contribution in [0.1, 0.15) is 32.3 Å². The van der Waals surface area contributed by atoms with Crippen LogP contribution in [0.2, 0.25) is 0 Å². The number of hydrogen-bond donors (Lipinski definition) is 2. The van der Waals surface area contributed by atoms with E-state index < -0.39 is 30.1 Å². The zero-order valence-electron chi connectivity index (χ0n) is 11.8. The summed E-state index contributed by atoms with van der Waals surface area (Å²) in [6, 6.07) is 3.99. The van der Waals surface area contributed by atoms with Crippen LogP contribution in [0.5, 0.6) is 11.5 Å². The van der Waals surface area contributed by atoms with Gasteiger partial charge < -0.3 is 14.9 Å². The van der Waals surface area contributed by atoms with E-state index in [-0.39, 0.29) is 11.5 Å². The predicted octanol–water partition coefficient (Wildman–Crippen LogP) is 3.33. The van der Waals surface area contributed by atoms with Gasteiger partial charge in [-0.3, -0.25) is 4.79 Å². The van der Waals surface area contributed by atoms with Crippen molar-refractivity contribution < 1.29 is 32.9 Å². The van der Waals surface area contributed by atoms with E-state index in [2.05, 4.69) is 4.74 Å². The lowest BCUT2D eigenvalue weighted by molar-refractivity contribution is -0.218. The third-order valence-electron chi connectivity index (χ3n) is 3.40. The number of alkyl halides is 3. The standard InChI is InChI=1S/C14H17F3O4/c1-7(10-4-5-11(18)12(19)6-10)8(2)13(20)21-9(3)14(15,16)17/h4-9,18-19H,1-3H3. The van der Waals surface area contributed by atoms with Gasteiger partial charge in [-0.1, -0.05) is 19.9 Å². The molecule has 3 unspecified atom stereocenters. The summed E-state index contributed by atoms with van der Waals surface area (Å²) in [5, 5.41) is 18.6. The fraction of sp³-hybridized carbons (Fsp3) is 0.500. The van der Waals surface area contributed by atoms with Gasteiger partial charge in [0.25, 0.3) is 0 Å². The third kappa shape index (κ3) is 4.27. The van der Waals surface area contributed by atoms with Crippen LogP contribution < -0.4 is 0 Å². The fourth-order valence-electron chi connectivity index (χ4n) is 1.66. The van der Waals surface area contributed by atoms with Crippen LogP contribution in [-0.2, 0) is 9.53 Å². The van der Waals surface area contributed by atoms with Crippen molar-refractivity contribution in [1.82, 2.24) is 0 Å². The molecular formula is C14H17F3O4. The second-order valence-electron chi connectivity index (χ2n) is 4.95. The topological polar surface area (TPSA) is 66.8 Å². The van der Waals surface area contributed by atoms with Crippen molar-refractivity contribution >= 4 is 5.97 Å². The smallest absolute Gasteiger partial charge is 0.425 e. The number of rotatable bonds is 4. The molecule has 118 valence electrons. The first-order valence-corrected chi connectivity index (χ1v) is 6.33. The molecule has 0 aliphatic carbocycles. The minimum Gasteiger partial charge on any atom is -0.504 e. The molecule has 0 heterocycles. The Morgan fingerprint density at radius 1 is 1.14 bits per heavy atom. The molecule has 2 N–H and O–H groups in total. The van der Waals surface area contributed by atoms with Crippen LogP contribution in [0.3, 0.4) is 0 Å². The lowest BCUT2D eigenvalue weighted by Crippen LogP contribution is -2.33. The van der Waals surface area contributed by atoms with Gasteiger partial charge in [0, 0.05) is 0 Å². The maximum atomic E-state index is 12.4. The van der Waals surface area contributed by atoms with Gasteiger partial charge in [-0.2, -0.15) is 13.2 Å². The first-order chi connectivity index (χ1) is 9.54. The van der Waals surface area contributed by atoms with Gasteiger partial charge in [0.05, 0.1) is 5.92 Å². The quantitative estimate of drug-likeness (QED) is 0.661. The molecular weight excluding hydrogens is 289 g/mol. The summed E-state index contributed by atoms with van der Waals surface area (Å²) in [6.45, 7) is 3.83. The maximum Gasteiger partial charge on any atom is 0.425 e. The molecule has 0 aliphatic heterocycles. The molecule has 0 radical (unpaired) electrons. The molecule has 1 aromatic rings. The molecule has 1 rings (SSSR count). The van der Waals surface area contributed by atoms with Gasteiger partial charge in [0.15, 0.2) is 17.6 Å². The second-order valence-corrected chi connectivity index (χ2v) is 4.95. The summed E-state index contributed by atoms with van der Waals surface area (Å²) < 4.78 is 41.5. The first-order valence-electron chi connectivity index (χ1n) is 6.33. The second kappa shape index (κ2) is 6.24. The molecule has 4 nitrogen and oxygen atoms in total. The molecule has 3 atom stereocenters. The van der Waals surface area contributed by atoms with Crippen LogP contribution in [-0.4, -0.2) is 28.5 Å². The summed E-state index contributed by atoms with van der Waals surface area (Å²) in [4.78, 5) is 11.7. The van der Waals surface area contributed by atoms with E-state index >= 15 is 0 Å². The predicted molar refractivity (Wildman–Crippen MR) is 69.0 cm³/mol. The number of halogens is 3. The van der Waals surface area contributed by atoms with E-state index in [4.69, 9.17) is 0 Å². The monoisotopic (exact) mass is 306 g/mol. The molecule has 0 spiro atoms. The van der Waals surface area contributed by atoms with Crippen molar-refractivity contribution in [2.45, 2.75) is 39.0 Å². The Morgan fingerprint density at radius 3 is 2.19 bits per heavy atom. The number of carbonyl (C=O) groups is 1. The minimum absolute atomic E-state index is 0.313. The highest BCUT2D eigenvalue weighted by Gasteiger charge is 2.40. The largest absolute Gasteiger partial charge is 0.504 e. The highest BCUT2D eigenvalue weighted by Crippen LogP contribution is 2.33. The van der Waals surface area contributed by atoms with Crippen molar-refractivity contribution in [3.63, 3.8) is 0 Å². The Hall–Kier alpha value is -1.92. The average molecular weight is 306 g/mol. The SMILES string of the molecule is CC(C(=O)OC(C)C(F)(F)F)C(C)c1ccc(O)c(O)c1. The fourth-order valence-corrected chi connectivity index (χ4v) is 1.66. The number of carbonyl (C=O) groups excluding carboxylic acids is 1. The van der Waals surface area contributed by atoms with Gasteiger partial charge >= 0.3 is 12.1 Å². The Bertz CT molecular complexity index is 513. The third-order valence-corrected chi connectivity index (χ3v) is 3.40.